The molecule has 1 aromatic heterocycles. The third-order valence-electron chi connectivity index (χ3n) is 6.39. The molecule has 1 fully saturated rings. The molecule has 0 bridgehead atoms. The molecule has 2 heterocycles. The highest BCUT2D eigenvalue weighted by Crippen LogP contribution is 2.39. The van der Waals surface area contributed by atoms with E-state index in [0.29, 0.717) is 30.1 Å². The molecule has 41 heavy (non-hydrogen) atoms. The van der Waals surface area contributed by atoms with Crippen molar-refractivity contribution in [3.05, 3.63) is 82.7 Å². The molecule has 15 heteroatoms. The van der Waals surface area contributed by atoms with Crippen molar-refractivity contribution >= 4 is 5.97 Å². The Balaban J connectivity index is 1.63. The summed E-state index contributed by atoms with van der Waals surface area (Å²) in [5, 5.41) is 4.24. The highest BCUT2D eigenvalue weighted by atomic mass is 19.4. The number of aromatic nitrogens is 3. The van der Waals surface area contributed by atoms with Gasteiger partial charge in [-0.25, -0.2) is 14.1 Å². The molecule has 3 atom stereocenters. The maximum atomic E-state index is 13.7. The summed E-state index contributed by atoms with van der Waals surface area (Å²) in [6.07, 6.45) is -11.1. The number of carbonyl (C=O) groups is 1. The molecule has 0 spiro atoms. The number of benzene rings is 2. The maximum absolute atomic E-state index is 13.7. The van der Waals surface area contributed by atoms with Gasteiger partial charge in [-0.15, -0.1) is 0 Å². The van der Waals surface area contributed by atoms with Crippen molar-refractivity contribution in [1.29, 1.82) is 0 Å². The lowest BCUT2D eigenvalue weighted by Crippen LogP contribution is -2.46. The van der Waals surface area contributed by atoms with Crippen LogP contribution in [0.25, 0.3) is 0 Å². The Kier molecular flexibility index (Phi) is 8.99. The minimum absolute atomic E-state index is 0.0444. The fourth-order valence-corrected chi connectivity index (χ4v) is 4.36. The van der Waals surface area contributed by atoms with Gasteiger partial charge in [-0.05, 0) is 48.4 Å². The van der Waals surface area contributed by atoms with E-state index in [1.54, 1.807) is 0 Å². The molecule has 8 nitrogen and oxygen atoms in total. The summed E-state index contributed by atoms with van der Waals surface area (Å²) in [4.78, 5) is 17.6. The van der Waals surface area contributed by atoms with Crippen molar-refractivity contribution in [2.45, 2.75) is 50.8 Å². The lowest BCUT2D eigenvalue weighted by molar-refractivity contribution is -0.231. The second-order valence-electron chi connectivity index (χ2n) is 9.26. The first-order chi connectivity index (χ1) is 19.2. The average molecular weight is 590 g/mol. The van der Waals surface area contributed by atoms with E-state index in [0.717, 1.165) is 0 Å². The van der Waals surface area contributed by atoms with Gasteiger partial charge in [0.25, 0.3) is 0 Å². The number of alkyl halides is 6. The third kappa shape index (κ3) is 7.59. The Bertz CT molecular complexity index is 1310. The summed E-state index contributed by atoms with van der Waals surface area (Å²) in [5.41, 5.74) is -2.77. The Hall–Kier alpha value is -3.56. The molecule has 2 unspecified atom stereocenters. The zero-order chi connectivity index (χ0) is 29.9. The van der Waals surface area contributed by atoms with Gasteiger partial charge in [0.15, 0.2) is 12.1 Å². The first-order valence-corrected chi connectivity index (χ1v) is 12.3. The molecular weight excluding hydrogens is 565 g/mol. The average Bonchev–Trinajstić information content (AvgIpc) is 3.34. The van der Waals surface area contributed by atoms with Gasteiger partial charge in [0, 0.05) is 6.54 Å². The highest BCUT2D eigenvalue weighted by molar-refractivity contribution is 5.68. The van der Waals surface area contributed by atoms with Crippen LogP contribution in [-0.2, 0) is 44.4 Å². The van der Waals surface area contributed by atoms with Crippen LogP contribution in [0.1, 0.15) is 47.1 Å². The number of hydrogen-bond acceptors (Lipinski definition) is 7. The molecule has 1 saturated heterocycles. The summed E-state index contributed by atoms with van der Waals surface area (Å²) in [6.45, 7) is 1.65. The molecule has 1 aliphatic rings. The van der Waals surface area contributed by atoms with Crippen molar-refractivity contribution < 1.29 is 49.7 Å². The van der Waals surface area contributed by atoms with E-state index in [2.05, 4.69) is 14.8 Å². The van der Waals surface area contributed by atoms with Crippen LogP contribution in [0.5, 0.6) is 0 Å². The molecule has 222 valence electrons. The molecule has 1 aliphatic heterocycles. The van der Waals surface area contributed by atoms with E-state index >= 15 is 0 Å². The van der Waals surface area contributed by atoms with Gasteiger partial charge in [-0.2, -0.15) is 31.4 Å². The zero-order valence-corrected chi connectivity index (χ0v) is 21.7. The summed E-state index contributed by atoms with van der Waals surface area (Å²) in [5.74, 6) is -0.750. The van der Waals surface area contributed by atoms with Gasteiger partial charge >= 0.3 is 18.3 Å². The summed E-state index contributed by atoms with van der Waals surface area (Å²) in [6, 6.07) is 5.82. The highest BCUT2D eigenvalue weighted by Gasteiger charge is 2.39. The van der Waals surface area contributed by atoms with E-state index < -0.39 is 53.7 Å². The van der Waals surface area contributed by atoms with Crippen LogP contribution in [0.3, 0.4) is 0 Å². The minimum Gasteiger partial charge on any atom is -0.468 e. The molecule has 0 aliphatic carbocycles. The molecular formula is C26H25F7N4O4. The second kappa shape index (κ2) is 12.1. The molecule has 3 aromatic rings. The number of carbonyl (C=O) groups excluding carboxylic acids is 1. The number of esters is 1. The Morgan fingerprint density at radius 2 is 1.71 bits per heavy atom. The lowest BCUT2D eigenvalue weighted by atomic mass is 10.0. The third-order valence-corrected chi connectivity index (χ3v) is 6.39. The second-order valence-corrected chi connectivity index (χ2v) is 9.26. The Labute approximate surface area is 229 Å². The van der Waals surface area contributed by atoms with Crippen molar-refractivity contribution in [2.24, 2.45) is 0 Å². The van der Waals surface area contributed by atoms with Crippen LogP contribution in [0.15, 0.2) is 48.8 Å². The van der Waals surface area contributed by atoms with E-state index in [-0.39, 0.29) is 31.3 Å². The topological polar surface area (TPSA) is 78.7 Å². The number of methoxy groups -OCH3 is 1. The van der Waals surface area contributed by atoms with Crippen LogP contribution in [0.4, 0.5) is 30.7 Å². The predicted octanol–water partition coefficient (Wildman–Crippen LogP) is 5.31. The first-order valence-electron chi connectivity index (χ1n) is 12.3. The summed E-state index contributed by atoms with van der Waals surface area (Å²) < 4.78 is 112. The lowest BCUT2D eigenvalue weighted by Gasteiger charge is -2.41. The number of nitrogens with zero attached hydrogens (tertiary/aromatic N) is 4. The van der Waals surface area contributed by atoms with E-state index in [4.69, 9.17) is 9.47 Å². The standard InChI is InChI=1S/C26H25F7N4O4/c1-15(17-9-18(25(28,29)30)11-19(10-17)26(31,32)33)41-24-23(16-3-5-20(27)6-4-16)36(7-8-40-24)12-21-34-14-37(35-21)13-22(38)39-2/h3-6,9-11,14-15,23-24H,7-8,12-13H2,1-2H3/t15-,23?,24?/m1/s1. The van der Waals surface area contributed by atoms with Crippen molar-refractivity contribution in [1.82, 2.24) is 19.7 Å². The van der Waals surface area contributed by atoms with E-state index in [9.17, 15) is 35.5 Å². The maximum Gasteiger partial charge on any atom is 0.416 e. The molecule has 2 aromatic carbocycles. The fourth-order valence-electron chi connectivity index (χ4n) is 4.36. The minimum atomic E-state index is -5.02. The Morgan fingerprint density at radius 3 is 2.29 bits per heavy atom. The van der Waals surface area contributed by atoms with Crippen molar-refractivity contribution in [3.63, 3.8) is 0 Å². The summed E-state index contributed by atoms with van der Waals surface area (Å²) in [7, 11) is 1.23. The van der Waals surface area contributed by atoms with Crippen LogP contribution < -0.4 is 0 Å². The first kappa shape index (κ1) is 30.4. The van der Waals surface area contributed by atoms with Crippen LogP contribution in [0, 0.1) is 5.82 Å². The Morgan fingerprint density at radius 1 is 1.07 bits per heavy atom. The molecule has 0 N–H and O–H groups in total. The van der Waals surface area contributed by atoms with Crippen LogP contribution in [0.2, 0.25) is 0 Å². The van der Waals surface area contributed by atoms with Gasteiger partial charge in [-0.1, -0.05) is 12.1 Å². The number of halogens is 7. The fraction of sp³-hybridized carbons (Fsp3) is 0.423. The molecule has 0 radical (unpaired) electrons. The van der Waals surface area contributed by atoms with E-state index in [1.807, 2.05) is 4.90 Å². The van der Waals surface area contributed by atoms with E-state index in [1.165, 1.54) is 49.3 Å². The smallest absolute Gasteiger partial charge is 0.416 e. The van der Waals surface area contributed by atoms with Gasteiger partial charge in [0.1, 0.15) is 18.7 Å². The number of ether oxygens (including phenoxy) is 3. The monoisotopic (exact) mass is 590 g/mol. The number of morpholine rings is 1. The number of rotatable bonds is 8. The normalized spacial score (nSPS) is 19.2. The van der Waals surface area contributed by atoms with Crippen molar-refractivity contribution in [3.8, 4) is 0 Å². The quantitative estimate of drug-likeness (QED) is 0.260. The van der Waals surface area contributed by atoms with Gasteiger partial charge in [-0.3, -0.25) is 9.69 Å². The largest absolute Gasteiger partial charge is 0.468 e. The number of hydrogen-bond donors (Lipinski definition) is 0. The SMILES string of the molecule is COC(=O)Cn1cnc(CN2CCOC(O[C@H](C)c3cc(C(F)(F)F)cc(C(F)(F)F)c3)C2c2ccc(F)cc2)n1. The summed E-state index contributed by atoms with van der Waals surface area (Å²) >= 11 is 0. The molecule has 0 saturated carbocycles. The molecule has 4 rings (SSSR count). The van der Waals surface area contributed by atoms with Gasteiger partial charge < -0.3 is 14.2 Å². The zero-order valence-electron chi connectivity index (χ0n) is 21.7. The van der Waals surface area contributed by atoms with Crippen LogP contribution >= 0.6 is 0 Å². The van der Waals surface area contributed by atoms with Gasteiger partial charge in [0.05, 0.1) is 43.5 Å². The van der Waals surface area contributed by atoms with Crippen molar-refractivity contribution in [2.75, 3.05) is 20.3 Å². The van der Waals surface area contributed by atoms with Crippen LogP contribution in [-0.4, -0.2) is 52.2 Å². The predicted molar refractivity (Wildman–Crippen MR) is 127 cm³/mol. The molecule has 0 amide bonds. The van der Waals surface area contributed by atoms with Gasteiger partial charge in [0.2, 0.25) is 0 Å².